The van der Waals surface area contributed by atoms with Crippen LogP contribution in [0.3, 0.4) is 0 Å². The van der Waals surface area contributed by atoms with E-state index in [9.17, 15) is 4.39 Å². The van der Waals surface area contributed by atoms with E-state index in [0.29, 0.717) is 0 Å². The van der Waals surface area contributed by atoms with Gasteiger partial charge in [0, 0.05) is 6.54 Å². The molecule has 1 N–H and O–H groups in total. The van der Waals surface area contributed by atoms with E-state index in [1.54, 1.807) is 6.07 Å². The zero-order valence-electron chi connectivity index (χ0n) is 9.22. The fourth-order valence-corrected chi connectivity index (χ4v) is 1.77. The number of hydrogen-bond donors (Lipinski definition) is 1. The van der Waals surface area contributed by atoms with Gasteiger partial charge in [0.05, 0.1) is 0 Å². The molecule has 0 heterocycles. The highest BCUT2D eigenvalue weighted by atomic mass is 19.1. The van der Waals surface area contributed by atoms with Gasteiger partial charge in [-0.25, -0.2) is 4.39 Å². The van der Waals surface area contributed by atoms with Gasteiger partial charge in [-0.3, -0.25) is 0 Å². The average molecular weight is 207 g/mol. The third-order valence-electron chi connectivity index (χ3n) is 3.05. The maximum atomic E-state index is 13.0. The van der Waals surface area contributed by atoms with Gasteiger partial charge in [-0.05, 0) is 49.1 Å². The lowest BCUT2D eigenvalue weighted by Crippen LogP contribution is -2.16. The highest BCUT2D eigenvalue weighted by Crippen LogP contribution is 2.31. The maximum Gasteiger partial charge on any atom is 0.123 e. The molecule has 2 rings (SSSR count). The zero-order chi connectivity index (χ0) is 10.7. The molecule has 82 valence electrons. The molecule has 0 bridgehead atoms. The molecule has 0 spiro atoms. The van der Waals surface area contributed by atoms with Crippen molar-refractivity contribution in [2.24, 2.45) is 5.92 Å². The van der Waals surface area contributed by atoms with Crippen LogP contribution in [0.25, 0.3) is 0 Å². The van der Waals surface area contributed by atoms with E-state index in [1.807, 2.05) is 13.0 Å². The summed E-state index contributed by atoms with van der Waals surface area (Å²) in [5.41, 5.74) is 2.24. The Labute approximate surface area is 90.7 Å². The van der Waals surface area contributed by atoms with Crippen LogP contribution in [-0.4, -0.2) is 6.54 Å². The molecule has 1 fully saturated rings. The van der Waals surface area contributed by atoms with Crippen molar-refractivity contribution in [1.82, 2.24) is 5.32 Å². The minimum atomic E-state index is -0.139. The van der Waals surface area contributed by atoms with Crippen molar-refractivity contribution in [2.45, 2.75) is 32.7 Å². The van der Waals surface area contributed by atoms with Gasteiger partial charge in [0.15, 0.2) is 0 Å². The Morgan fingerprint density at radius 3 is 2.93 bits per heavy atom. The van der Waals surface area contributed by atoms with Gasteiger partial charge < -0.3 is 5.32 Å². The molecule has 0 aromatic heterocycles. The van der Waals surface area contributed by atoms with Crippen LogP contribution in [0, 0.1) is 18.7 Å². The van der Waals surface area contributed by atoms with Crippen molar-refractivity contribution in [3.8, 4) is 0 Å². The van der Waals surface area contributed by atoms with Crippen molar-refractivity contribution in [2.75, 3.05) is 6.54 Å². The molecular weight excluding hydrogens is 189 g/mol. The molecule has 1 nitrogen and oxygen atoms in total. The number of hydrogen-bond acceptors (Lipinski definition) is 1. The molecule has 0 amide bonds. The molecule has 0 saturated heterocycles. The van der Waals surface area contributed by atoms with Crippen molar-refractivity contribution >= 4 is 0 Å². The van der Waals surface area contributed by atoms with Gasteiger partial charge in [-0.15, -0.1) is 0 Å². The SMILES string of the molecule is Cc1ccc(F)cc1CNCCC1CC1. The average Bonchev–Trinajstić information content (AvgIpc) is 3.01. The van der Waals surface area contributed by atoms with Crippen molar-refractivity contribution in [3.63, 3.8) is 0 Å². The number of nitrogens with one attached hydrogen (secondary N) is 1. The van der Waals surface area contributed by atoms with E-state index < -0.39 is 0 Å². The molecule has 2 heteroatoms. The smallest absolute Gasteiger partial charge is 0.123 e. The summed E-state index contributed by atoms with van der Waals surface area (Å²) in [5, 5.41) is 3.37. The molecule has 0 aliphatic heterocycles. The number of benzene rings is 1. The Morgan fingerprint density at radius 1 is 1.40 bits per heavy atom. The number of halogens is 1. The third kappa shape index (κ3) is 3.31. The molecule has 1 aromatic rings. The summed E-state index contributed by atoms with van der Waals surface area (Å²) in [4.78, 5) is 0. The van der Waals surface area contributed by atoms with Crippen LogP contribution in [-0.2, 0) is 6.54 Å². The first-order valence-corrected chi connectivity index (χ1v) is 5.71. The molecule has 1 aliphatic carbocycles. The van der Waals surface area contributed by atoms with Gasteiger partial charge in [-0.1, -0.05) is 18.9 Å². The predicted molar refractivity (Wildman–Crippen MR) is 60.2 cm³/mol. The first kappa shape index (κ1) is 10.6. The van der Waals surface area contributed by atoms with Crippen molar-refractivity contribution in [3.05, 3.63) is 35.1 Å². The Morgan fingerprint density at radius 2 is 2.20 bits per heavy atom. The third-order valence-corrected chi connectivity index (χ3v) is 3.05. The second kappa shape index (κ2) is 4.75. The lowest BCUT2D eigenvalue weighted by molar-refractivity contribution is 0.600. The Kier molecular flexibility index (Phi) is 3.37. The van der Waals surface area contributed by atoms with E-state index in [2.05, 4.69) is 5.32 Å². The summed E-state index contributed by atoms with van der Waals surface area (Å²) in [6, 6.07) is 4.98. The number of aryl methyl sites for hydroxylation is 1. The van der Waals surface area contributed by atoms with Gasteiger partial charge in [0.2, 0.25) is 0 Å². The topological polar surface area (TPSA) is 12.0 Å². The van der Waals surface area contributed by atoms with Gasteiger partial charge >= 0.3 is 0 Å². The number of rotatable bonds is 5. The van der Waals surface area contributed by atoms with E-state index >= 15 is 0 Å². The molecule has 1 aliphatic rings. The molecule has 1 saturated carbocycles. The van der Waals surface area contributed by atoms with Crippen LogP contribution in [0.5, 0.6) is 0 Å². The van der Waals surface area contributed by atoms with Crippen LogP contribution >= 0.6 is 0 Å². The van der Waals surface area contributed by atoms with Gasteiger partial charge in [0.1, 0.15) is 5.82 Å². The van der Waals surface area contributed by atoms with E-state index in [0.717, 1.165) is 30.1 Å². The molecule has 0 radical (unpaired) electrons. The highest BCUT2D eigenvalue weighted by Gasteiger charge is 2.19. The molecular formula is C13H18FN. The minimum Gasteiger partial charge on any atom is -0.313 e. The lowest BCUT2D eigenvalue weighted by atomic mass is 10.1. The Hall–Kier alpha value is -0.890. The van der Waals surface area contributed by atoms with E-state index in [-0.39, 0.29) is 5.82 Å². The lowest BCUT2D eigenvalue weighted by Gasteiger charge is -2.07. The molecule has 15 heavy (non-hydrogen) atoms. The fourth-order valence-electron chi connectivity index (χ4n) is 1.77. The van der Waals surface area contributed by atoms with E-state index in [1.165, 1.54) is 25.3 Å². The summed E-state index contributed by atoms with van der Waals surface area (Å²) in [6.07, 6.45) is 4.08. The second-order valence-corrected chi connectivity index (χ2v) is 4.48. The van der Waals surface area contributed by atoms with Crippen LogP contribution < -0.4 is 5.32 Å². The highest BCUT2D eigenvalue weighted by molar-refractivity contribution is 5.26. The van der Waals surface area contributed by atoms with Gasteiger partial charge in [-0.2, -0.15) is 0 Å². The minimum absolute atomic E-state index is 0.139. The monoisotopic (exact) mass is 207 g/mol. The summed E-state index contributed by atoms with van der Waals surface area (Å²) < 4.78 is 13.0. The van der Waals surface area contributed by atoms with E-state index in [4.69, 9.17) is 0 Å². The van der Waals surface area contributed by atoms with Crippen LogP contribution in [0.2, 0.25) is 0 Å². The zero-order valence-corrected chi connectivity index (χ0v) is 9.22. The molecule has 0 atom stereocenters. The Balaban J connectivity index is 1.78. The predicted octanol–water partition coefficient (Wildman–Crippen LogP) is 3.02. The molecule has 0 unspecified atom stereocenters. The first-order chi connectivity index (χ1) is 7.25. The largest absolute Gasteiger partial charge is 0.313 e. The second-order valence-electron chi connectivity index (χ2n) is 4.48. The van der Waals surface area contributed by atoms with Crippen molar-refractivity contribution < 1.29 is 4.39 Å². The summed E-state index contributed by atoms with van der Waals surface area (Å²) in [7, 11) is 0. The van der Waals surface area contributed by atoms with Crippen LogP contribution in [0.1, 0.15) is 30.4 Å². The summed E-state index contributed by atoms with van der Waals surface area (Å²) in [5.74, 6) is 0.825. The van der Waals surface area contributed by atoms with Crippen molar-refractivity contribution in [1.29, 1.82) is 0 Å². The first-order valence-electron chi connectivity index (χ1n) is 5.71. The van der Waals surface area contributed by atoms with Gasteiger partial charge in [0.25, 0.3) is 0 Å². The standard InChI is InChI=1S/C13H18FN/c1-10-2-5-13(14)8-12(10)9-15-7-6-11-3-4-11/h2,5,8,11,15H,3-4,6-7,9H2,1H3. The normalized spacial score (nSPS) is 15.6. The Bertz CT molecular complexity index is 331. The summed E-state index contributed by atoms with van der Waals surface area (Å²) >= 11 is 0. The fraction of sp³-hybridized carbons (Fsp3) is 0.538. The quantitative estimate of drug-likeness (QED) is 0.732. The summed E-state index contributed by atoms with van der Waals surface area (Å²) in [6.45, 7) is 3.87. The molecule has 1 aromatic carbocycles. The van der Waals surface area contributed by atoms with Crippen LogP contribution in [0.15, 0.2) is 18.2 Å². The van der Waals surface area contributed by atoms with Crippen LogP contribution in [0.4, 0.5) is 4.39 Å². The maximum absolute atomic E-state index is 13.0.